The quantitative estimate of drug-likeness (QED) is 0.759. The summed E-state index contributed by atoms with van der Waals surface area (Å²) >= 11 is 0. The molecule has 4 nitrogen and oxygen atoms in total. The Hall–Kier alpha value is -0.610. The topological polar surface area (TPSA) is 66.6 Å². The number of carbonyl (C=O) groups is 1. The van der Waals surface area contributed by atoms with Gasteiger partial charge in [-0.2, -0.15) is 0 Å². The molecular weight excluding hydrogens is 216 g/mol. The maximum atomic E-state index is 12.4. The van der Waals surface area contributed by atoms with Crippen molar-refractivity contribution >= 4 is 5.91 Å². The summed E-state index contributed by atoms with van der Waals surface area (Å²) in [5, 5.41) is 9.01. The number of hydrogen-bond donors (Lipinski definition) is 2. The zero-order chi connectivity index (χ0) is 12.9. The molecule has 0 heterocycles. The fourth-order valence-corrected chi connectivity index (χ4v) is 2.81. The Morgan fingerprint density at radius 2 is 2.24 bits per heavy atom. The van der Waals surface area contributed by atoms with E-state index < -0.39 is 5.54 Å². The van der Waals surface area contributed by atoms with Crippen LogP contribution in [0, 0.1) is 5.92 Å². The molecule has 0 spiro atoms. The van der Waals surface area contributed by atoms with Gasteiger partial charge in [-0.25, -0.2) is 0 Å². The van der Waals surface area contributed by atoms with Crippen LogP contribution in [0.2, 0.25) is 0 Å². The smallest absolute Gasteiger partial charge is 0.242 e. The Kier molecular flexibility index (Phi) is 5.40. The molecule has 0 aromatic heterocycles. The van der Waals surface area contributed by atoms with Crippen LogP contribution in [-0.4, -0.2) is 41.1 Å². The molecule has 0 aromatic carbocycles. The standard InChI is InChI=1S/C13H26N2O2/c1-3-7-15(8-9-16)12(17)13(14)6-4-5-11(2)10-13/h11,16H,3-10,14H2,1-2H3. The lowest BCUT2D eigenvalue weighted by molar-refractivity contribution is -0.139. The van der Waals surface area contributed by atoms with E-state index in [1.54, 1.807) is 4.90 Å². The molecule has 4 heteroatoms. The number of aliphatic hydroxyl groups excluding tert-OH is 1. The van der Waals surface area contributed by atoms with Gasteiger partial charge in [-0.05, 0) is 25.2 Å². The van der Waals surface area contributed by atoms with Crippen LogP contribution >= 0.6 is 0 Å². The van der Waals surface area contributed by atoms with Crippen LogP contribution in [0.3, 0.4) is 0 Å². The Bertz CT molecular complexity index is 252. The van der Waals surface area contributed by atoms with Gasteiger partial charge in [0, 0.05) is 13.1 Å². The van der Waals surface area contributed by atoms with Gasteiger partial charge in [-0.1, -0.05) is 26.7 Å². The number of rotatable bonds is 5. The zero-order valence-corrected chi connectivity index (χ0v) is 11.1. The fourth-order valence-electron chi connectivity index (χ4n) is 2.81. The summed E-state index contributed by atoms with van der Waals surface area (Å²) in [4.78, 5) is 14.2. The Morgan fingerprint density at radius 3 is 2.76 bits per heavy atom. The largest absolute Gasteiger partial charge is 0.395 e. The van der Waals surface area contributed by atoms with E-state index in [-0.39, 0.29) is 12.5 Å². The summed E-state index contributed by atoms with van der Waals surface area (Å²) in [7, 11) is 0. The summed E-state index contributed by atoms with van der Waals surface area (Å²) in [6.07, 6.45) is 4.65. The third-order valence-electron chi connectivity index (χ3n) is 3.61. The molecule has 1 saturated carbocycles. The molecule has 0 saturated heterocycles. The van der Waals surface area contributed by atoms with E-state index in [0.717, 1.165) is 25.7 Å². The van der Waals surface area contributed by atoms with E-state index in [1.807, 2.05) is 6.92 Å². The molecule has 3 N–H and O–H groups in total. The third kappa shape index (κ3) is 3.68. The molecular formula is C13H26N2O2. The second-order valence-corrected chi connectivity index (χ2v) is 5.37. The van der Waals surface area contributed by atoms with Crippen molar-refractivity contribution in [1.29, 1.82) is 0 Å². The van der Waals surface area contributed by atoms with Crippen molar-refractivity contribution in [3.63, 3.8) is 0 Å². The van der Waals surface area contributed by atoms with Gasteiger partial charge in [0.25, 0.3) is 0 Å². The minimum atomic E-state index is -0.692. The molecule has 1 aliphatic rings. The van der Waals surface area contributed by atoms with Crippen LogP contribution in [0.4, 0.5) is 0 Å². The van der Waals surface area contributed by atoms with Crippen LogP contribution in [0.15, 0.2) is 0 Å². The molecule has 0 radical (unpaired) electrons. The summed E-state index contributed by atoms with van der Waals surface area (Å²) in [5.74, 6) is 0.551. The highest BCUT2D eigenvalue weighted by atomic mass is 16.3. The molecule has 17 heavy (non-hydrogen) atoms. The summed E-state index contributed by atoms with van der Waals surface area (Å²) in [6.45, 7) is 5.29. The van der Waals surface area contributed by atoms with Gasteiger partial charge >= 0.3 is 0 Å². The highest BCUT2D eigenvalue weighted by Gasteiger charge is 2.40. The second kappa shape index (κ2) is 6.36. The minimum absolute atomic E-state index is 0.0113. The van der Waals surface area contributed by atoms with Crippen LogP contribution in [0.5, 0.6) is 0 Å². The summed E-state index contributed by atoms with van der Waals surface area (Å²) in [5.41, 5.74) is 5.59. The van der Waals surface area contributed by atoms with Gasteiger partial charge in [-0.3, -0.25) is 4.79 Å². The molecule has 1 aliphatic carbocycles. The lowest BCUT2D eigenvalue weighted by atomic mass is 9.76. The molecule has 2 atom stereocenters. The second-order valence-electron chi connectivity index (χ2n) is 5.37. The fraction of sp³-hybridized carbons (Fsp3) is 0.923. The molecule has 0 aliphatic heterocycles. The Balaban J connectivity index is 2.70. The predicted molar refractivity (Wildman–Crippen MR) is 68.5 cm³/mol. The SMILES string of the molecule is CCCN(CCO)C(=O)C1(N)CCCC(C)C1. The minimum Gasteiger partial charge on any atom is -0.395 e. The van der Waals surface area contributed by atoms with Gasteiger partial charge in [0.15, 0.2) is 0 Å². The number of carbonyl (C=O) groups excluding carboxylic acids is 1. The molecule has 0 aromatic rings. The lowest BCUT2D eigenvalue weighted by Gasteiger charge is -2.39. The van der Waals surface area contributed by atoms with E-state index in [9.17, 15) is 4.79 Å². The van der Waals surface area contributed by atoms with Gasteiger partial charge in [0.2, 0.25) is 5.91 Å². The van der Waals surface area contributed by atoms with E-state index >= 15 is 0 Å². The monoisotopic (exact) mass is 242 g/mol. The summed E-state index contributed by atoms with van der Waals surface area (Å²) < 4.78 is 0. The van der Waals surface area contributed by atoms with Gasteiger partial charge in [0.1, 0.15) is 0 Å². The molecule has 0 bridgehead atoms. The van der Waals surface area contributed by atoms with Crippen molar-refractivity contribution in [2.24, 2.45) is 11.7 Å². The van der Waals surface area contributed by atoms with Crippen LogP contribution in [0.25, 0.3) is 0 Å². The number of nitrogens with zero attached hydrogens (tertiary/aromatic N) is 1. The van der Waals surface area contributed by atoms with Crippen molar-refractivity contribution < 1.29 is 9.90 Å². The highest BCUT2D eigenvalue weighted by molar-refractivity contribution is 5.86. The normalized spacial score (nSPS) is 29.1. The highest BCUT2D eigenvalue weighted by Crippen LogP contribution is 2.31. The Morgan fingerprint density at radius 1 is 1.53 bits per heavy atom. The van der Waals surface area contributed by atoms with Gasteiger partial charge < -0.3 is 15.7 Å². The number of amides is 1. The van der Waals surface area contributed by atoms with Gasteiger partial charge in [0.05, 0.1) is 12.1 Å². The van der Waals surface area contributed by atoms with Crippen LogP contribution in [-0.2, 0) is 4.79 Å². The van der Waals surface area contributed by atoms with Crippen molar-refractivity contribution in [1.82, 2.24) is 4.90 Å². The van der Waals surface area contributed by atoms with E-state index in [1.165, 1.54) is 6.42 Å². The first-order valence-electron chi connectivity index (χ1n) is 6.72. The maximum absolute atomic E-state index is 12.4. The van der Waals surface area contributed by atoms with Gasteiger partial charge in [-0.15, -0.1) is 0 Å². The third-order valence-corrected chi connectivity index (χ3v) is 3.61. The van der Waals surface area contributed by atoms with Crippen molar-refractivity contribution in [2.75, 3.05) is 19.7 Å². The predicted octanol–water partition coefficient (Wildman–Crippen LogP) is 1.12. The van der Waals surface area contributed by atoms with Crippen molar-refractivity contribution in [3.8, 4) is 0 Å². The molecule has 2 unspecified atom stereocenters. The first-order valence-corrected chi connectivity index (χ1v) is 6.72. The first-order chi connectivity index (χ1) is 8.03. The molecule has 1 fully saturated rings. The Labute approximate surface area is 104 Å². The first kappa shape index (κ1) is 14.5. The van der Waals surface area contributed by atoms with Crippen molar-refractivity contribution in [2.45, 2.75) is 51.5 Å². The van der Waals surface area contributed by atoms with Crippen LogP contribution in [0.1, 0.15) is 46.0 Å². The molecule has 100 valence electrons. The number of hydrogen-bond acceptors (Lipinski definition) is 3. The maximum Gasteiger partial charge on any atom is 0.242 e. The average molecular weight is 242 g/mol. The molecule has 1 rings (SSSR count). The zero-order valence-electron chi connectivity index (χ0n) is 11.1. The van der Waals surface area contributed by atoms with Crippen molar-refractivity contribution in [3.05, 3.63) is 0 Å². The summed E-state index contributed by atoms with van der Waals surface area (Å²) in [6, 6.07) is 0. The average Bonchev–Trinajstić information content (AvgIpc) is 2.27. The number of aliphatic hydroxyl groups is 1. The lowest BCUT2D eigenvalue weighted by Crippen LogP contribution is -2.58. The molecule has 1 amide bonds. The number of nitrogens with two attached hydrogens (primary N) is 1. The van der Waals surface area contributed by atoms with E-state index in [0.29, 0.717) is 19.0 Å². The van der Waals surface area contributed by atoms with E-state index in [4.69, 9.17) is 10.8 Å². The van der Waals surface area contributed by atoms with Crippen LogP contribution < -0.4 is 5.73 Å². The van der Waals surface area contributed by atoms with E-state index in [2.05, 4.69) is 6.92 Å².